The molecule has 1 aliphatic heterocycles. The fourth-order valence-electron chi connectivity index (χ4n) is 3.58. The zero-order chi connectivity index (χ0) is 21.7. The number of thiazole rings is 1. The maximum Gasteiger partial charge on any atom is 0.271 e. The average molecular weight is 446 g/mol. The molecule has 152 valence electrons. The van der Waals surface area contributed by atoms with Gasteiger partial charge in [0.15, 0.2) is 0 Å². The number of furan rings is 1. The number of nitriles is 1. The zero-order valence-corrected chi connectivity index (χ0v) is 18.3. The van der Waals surface area contributed by atoms with Crippen LogP contribution in [0.2, 0.25) is 0 Å². The van der Waals surface area contributed by atoms with Crippen molar-refractivity contribution in [2.24, 2.45) is 0 Å². The van der Waals surface area contributed by atoms with Crippen molar-refractivity contribution in [2.45, 2.75) is 13.8 Å². The fourth-order valence-corrected chi connectivity index (χ4v) is 5.62. The molecule has 4 aromatic rings. The van der Waals surface area contributed by atoms with Gasteiger partial charge < -0.3 is 4.42 Å². The van der Waals surface area contributed by atoms with Gasteiger partial charge in [-0.1, -0.05) is 18.2 Å². The number of hydrogen-bond donors (Lipinski definition) is 0. The lowest BCUT2D eigenvalue weighted by Crippen LogP contribution is -2.42. The van der Waals surface area contributed by atoms with Crippen molar-refractivity contribution in [1.82, 2.24) is 9.88 Å². The van der Waals surface area contributed by atoms with Gasteiger partial charge >= 0.3 is 0 Å². The Morgan fingerprint density at radius 3 is 2.68 bits per heavy atom. The quantitative estimate of drug-likeness (QED) is 0.312. The third-order valence-electron chi connectivity index (χ3n) is 5.17. The first-order valence-corrected chi connectivity index (χ1v) is 11.2. The summed E-state index contributed by atoms with van der Waals surface area (Å²) >= 11 is 3.21. The largest absolute Gasteiger partial charge is 0.437 e. The standard InChI is InChI=1S/C23H15N3O3S2/c1-3-26-22(27)15(12(2)16(11-24)23(26)28)9-14-10-18-20(29-14)25-21(31-18)19-8-13-6-4-5-7-17(13)30-19/h4-10H,3H2,1-2H3/b15-9-. The summed E-state index contributed by atoms with van der Waals surface area (Å²) in [5, 5.41) is 11.4. The average Bonchev–Trinajstić information content (AvgIpc) is 3.44. The highest BCUT2D eigenvalue weighted by Crippen LogP contribution is 2.39. The lowest BCUT2D eigenvalue weighted by atomic mass is 9.95. The molecule has 0 spiro atoms. The van der Waals surface area contributed by atoms with Gasteiger partial charge in [-0.3, -0.25) is 14.5 Å². The van der Waals surface area contributed by atoms with Gasteiger partial charge in [-0.2, -0.15) is 10.2 Å². The number of fused-ring (bicyclic) bond motifs is 2. The predicted molar refractivity (Wildman–Crippen MR) is 121 cm³/mol. The van der Waals surface area contributed by atoms with E-state index in [1.807, 2.05) is 24.3 Å². The van der Waals surface area contributed by atoms with Crippen molar-refractivity contribution in [3.05, 3.63) is 58.9 Å². The normalized spacial score (nSPS) is 16.2. The number of likely N-dealkylation sites (N-methyl/N-ethyl adjacent to an activating group) is 1. The number of carbonyl (C=O) groups is 2. The molecule has 6 nitrogen and oxygen atoms in total. The van der Waals surface area contributed by atoms with E-state index in [4.69, 9.17) is 4.42 Å². The molecule has 8 heteroatoms. The number of amides is 2. The van der Waals surface area contributed by atoms with Crippen molar-refractivity contribution in [3.63, 3.8) is 0 Å². The first kappa shape index (κ1) is 19.4. The number of hydrogen-bond acceptors (Lipinski definition) is 7. The van der Waals surface area contributed by atoms with Crippen LogP contribution in [0.5, 0.6) is 0 Å². The summed E-state index contributed by atoms with van der Waals surface area (Å²) in [5.41, 5.74) is 1.12. The minimum Gasteiger partial charge on any atom is -0.437 e. The molecule has 0 aliphatic carbocycles. The van der Waals surface area contributed by atoms with Crippen LogP contribution in [0.15, 0.2) is 57.5 Å². The third-order valence-corrected chi connectivity index (χ3v) is 7.44. The van der Waals surface area contributed by atoms with Crippen LogP contribution in [0, 0.1) is 11.3 Å². The summed E-state index contributed by atoms with van der Waals surface area (Å²) in [6.45, 7) is 3.50. The third kappa shape index (κ3) is 3.10. The highest BCUT2D eigenvalue weighted by Gasteiger charge is 2.34. The van der Waals surface area contributed by atoms with Gasteiger partial charge in [-0.05, 0) is 43.0 Å². The number of benzene rings is 1. The van der Waals surface area contributed by atoms with Crippen LogP contribution in [0.1, 0.15) is 19.6 Å². The van der Waals surface area contributed by atoms with E-state index in [0.717, 1.165) is 19.5 Å². The smallest absolute Gasteiger partial charge is 0.271 e. The van der Waals surface area contributed by atoms with Crippen LogP contribution in [-0.2, 0) is 9.59 Å². The Kier molecular flexibility index (Phi) is 4.58. The van der Waals surface area contributed by atoms with E-state index in [9.17, 15) is 14.9 Å². The van der Waals surface area contributed by atoms with E-state index in [2.05, 4.69) is 23.2 Å². The molecule has 31 heavy (non-hydrogen) atoms. The fraction of sp³-hybridized carbons (Fsp3) is 0.130. The van der Waals surface area contributed by atoms with Crippen LogP contribution in [-0.4, -0.2) is 28.2 Å². The van der Waals surface area contributed by atoms with E-state index >= 15 is 0 Å². The Labute approximate surface area is 185 Å². The molecule has 0 saturated heterocycles. The van der Waals surface area contributed by atoms with Crippen LogP contribution >= 0.6 is 22.7 Å². The monoisotopic (exact) mass is 445 g/mol. The molecule has 0 atom stereocenters. The highest BCUT2D eigenvalue weighted by molar-refractivity contribution is 7.28. The summed E-state index contributed by atoms with van der Waals surface area (Å²) in [7, 11) is 0. The van der Waals surface area contributed by atoms with Gasteiger partial charge in [0.2, 0.25) is 5.71 Å². The minimum absolute atomic E-state index is 0.0220. The van der Waals surface area contributed by atoms with E-state index in [0.29, 0.717) is 17.0 Å². The molecule has 2 amide bonds. The van der Waals surface area contributed by atoms with Gasteiger partial charge in [0.1, 0.15) is 22.4 Å². The Bertz CT molecular complexity index is 1430. The number of aromatic nitrogens is 1. The van der Waals surface area contributed by atoms with E-state index < -0.39 is 11.8 Å². The summed E-state index contributed by atoms with van der Waals surface area (Å²) in [5.74, 6) is -0.524. The maximum atomic E-state index is 12.8. The predicted octanol–water partition coefficient (Wildman–Crippen LogP) is 5.38. The van der Waals surface area contributed by atoms with E-state index in [1.54, 1.807) is 31.3 Å². The number of thiophene rings is 1. The van der Waals surface area contributed by atoms with Crippen molar-refractivity contribution in [2.75, 3.05) is 6.54 Å². The SMILES string of the molecule is CCN1C(=O)C(C#N)=C(C)/C(=C/c2cc3sc(-c4cc5ccccc5s4)nc3o2)C1=O. The molecule has 1 aliphatic rings. The van der Waals surface area contributed by atoms with Gasteiger partial charge in [0, 0.05) is 22.9 Å². The van der Waals surface area contributed by atoms with Crippen molar-refractivity contribution in [3.8, 4) is 16.0 Å². The van der Waals surface area contributed by atoms with Crippen molar-refractivity contribution in [1.29, 1.82) is 5.26 Å². The molecule has 3 aromatic heterocycles. The molecule has 1 aromatic carbocycles. The molecule has 0 fully saturated rings. The molecule has 0 N–H and O–H groups in total. The number of imide groups is 1. The second kappa shape index (κ2) is 7.30. The number of carbonyl (C=O) groups excluding carboxylic acids is 2. The maximum absolute atomic E-state index is 12.8. The number of nitrogens with zero attached hydrogens (tertiary/aromatic N) is 3. The summed E-state index contributed by atoms with van der Waals surface area (Å²) in [6, 6.07) is 14.1. The molecular formula is C23H15N3O3S2. The molecular weight excluding hydrogens is 430 g/mol. The summed E-state index contributed by atoms with van der Waals surface area (Å²) in [4.78, 5) is 31.8. The second-order valence-electron chi connectivity index (χ2n) is 7.01. The first-order chi connectivity index (χ1) is 15.0. The minimum atomic E-state index is -0.556. The summed E-state index contributed by atoms with van der Waals surface area (Å²) < 4.78 is 7.95. The second-order valence-corrected chi connectivity index (χ2v) is 9.12. The molecule has 0 saturated carbocycles. The van der Waals surface area contributed by atoms with Gasteiger partial charge in [0.05, 0.1) is 9.58 Å². The lowest BCUT2D eigenvalue weighted by molar-refractivity contribution is -0.140. The molecule has 0 unspecified atom stereocenters. The summed E-state index contributed by atoms with van der Waals surface area (Å²) in [6.07, 6.45) is 1.58. The van der Waals surface area contributed by atoms with Crippen LogP contribution < -0.4 is 0 Å². The Morgan fingerprint density at radius 2 is 1.97 bits per heavy atom. The zero-order valence-electron chi connectivity index (χ0n) is 16.6. The molecule has 5 rings (SSSR count). The van der Waals surface area contributed by atoms with Crippen LogP contribution in [0.25, 0.3) is 36.5 Å². The van der Waals surface area contributed by atoms with Gasteiger partial charge in [0.25, 0.3) is 11.8 Å². The first-order valence-electron chi connectivity index (χ1n) is 9.58. The van der Waals surface area contributed by atoms with Gasteiger partial charge in [-0.25, -0.2) is 0 Å². The van der Waals surface area contributed by atoms with E-state index in [-0.39, 0.29) is 17.7 Å². The molecule has 0 radical (unpaired) electrons. The lowest BCUT2D eigenvalue weighted by Gasteiger charge is -2.25. The Hall–Kier alpha value is -3.54. The van der Waals surface area contributed by atoms with Gasteiger partial charge in [-0.15, -0.1) is 22.7 Å². The van der Waals surface area contributed by atoms with E-state index in [1.165, 1.54) is 21.4 Å². The van der Waals surface area contributed by atoms with Crippen LogP contribution in [0.4, 0.5) is 0 Å². The highest BCUT2D eigenvalue weighted by atomic mass is 32.1. The van der Waals surface area contributed by atoms with Crippen molar-refractivity contribution < 1.29 is 14.0 Å². The Morgan fingerprint density at radius 1 is 1.16 bits per heavy atom. The molecule has 4 heterocycles. The Balaban J connectivity index is 1.54. The molecule has 0 bridgehead atoms. The number of rotatable bonds is 3. The van der Waals surface area contributed by atoms with Crippen molar-refractivity contribution >= 4 is 61.1 Å². The van der Waals surface area contributed by atoms with Crippen LogP contribution in [0.3, 0.4) is 0 Å². The topological polar surface area (TPSA) is 87.2 Å².